The van der Waals surface area contributed by atoms with Crippen molar-refractivity contribution in [2.75, 3.05) is 6.54 Å². The number of hydrogen-bond donors (Lipinski definition) is 1. The largest absolute Gasteiger partial charge is 0.314 e. The molecule has 0 saturated carbocycles. The van der Waals surface area contributed by atoms with Crippen LogP contribution in [0.5, 0.6) is 0 Å². The molecular weight excluding hydrogens is 369 g/mol. The van der Waals surface area contributed by atoms with Gasteiger partial charge in [0.15, 0.2) is 0 Å². The van der Waals surface area contributed by atoms with Crippen LogP contribution in [0.25, 0.3) is 0 Å². The fourth-order valence-electron chi connectivity index (χ4n) is 2.51. The Kier molecular flexibility index (Phi) is 6.24. The Morgan fingerprint density at radius 2 is 1.76 bits per heavy atom. The van der Waals surface area contributed by atoms with E-state index in [9.17, 15) is 0 Å². The summed E-state index contributed by atoms with van der Waals surface area (Å²) in [7, 11) is 0. The number of aryl methyl sites for hydroxylation is 1. The van der Waals surface area contributed by atoms with E-state index in [1.165, 1.54) is 20.3 Å². The van der Waals surface area contributed by atoms with Crippen molar-refractivity contribution in [3.8, 4) is 0 Å². The molecule has 1 unspecified atom stereocenters. The van der Waals surface area contributed by atoms with Gasteiger partial charge < -0.3 is 5.32 Å². The van der Waals surface area contributed by atoms with Crippen LogP contribution in [0.3, 0.4) is 0 Å². The summed E-state index contributed by atoms with van der Waals surface area (Å²) in [4.78, 5) is 0. The molecule has 0 heterocycles. The van der Waals surface area contributed by atoms with Crippen LogP contribution in [0.4, 0.5) is 0 Å². The van der Waals surface area contributed by atoms with Gasteiger partial charge in [-0.3, -0.25) is 0 Å². The van der Waals surface area contributed by atoms with Gasteiger partial charge in [0.05, 0.1) is 0 Å². The summed E-state index contributed by atoms with van der Waals surface area (Å²) in [5.74, 6) is 0.521. The second-order valence-corrected chi connectivity index (χ2v) is 7.25. The molecule has 2 aromatic rings. The zero-order chi connectivity index (χ0) is 15.2. The Bertz CT molecular complexity index is 560. The standard InChI is InChI=1S/C19H24IN/c1-14(2)21-13-18(17-6-4-5-15(3)11-17)12-16-7-9-19(20)10-8-16/h4-11,14,18,21H,12-13H2,1-3H3. The molecule has 0 saturated heterocycles. The monoisotopic (exact) mass is 393 g/mol. The van der Waals surface area contributed by atoms with Crippen molar-refractivity contribution in [1.29, 1.82) is 0 Å². The molecule has 1 N–H and O–H groups in total. The van der Waals surface area contributed by atoms with Crippen molar-refractivity contribution in [3.63, 3.8) is 0 Å². The summed E-state index contributed by atoms with van der Waals surface area (Å²) in [5, 5.41) is 3.59. The van der Waals surface area contributed by atoms with E-state index in [1.807, 2.05) is 0 Å². The molecule has 0 amide bonds. The summed E-state index contributed by atoms with van der Waals surface area (Å²) in [6, 6.07) is 18.3. The van der Waals surface area contributed by atoms with Gasteiger partial charge in [0.1, 0.15) is 0 Å². The van der Waals surface area contributed by atoms with E-state index in [1.54, 1.807) is 0 Å². The molecule has 1 atom stereocenters. The Morgan fingerprint density at radius 1 is 1.05 bits per heavy atom. The van der Waals surface area contributed by atoms with Crippen LogP contribution in [-0.4, -0.2) is 12.6 Å². The predicted octanol–water partition coefficient (Wildman–Crippen LogP) is 4.92. The van der Waals surface area contributed by atoms with Crippen LogP contribution in [0.15, 0.2) is 48.5 Å². The van der Waals surface area contributed by atoms with Gasteiger partial charge >= 0.3 is 0 Å². The average Bonchev–Trinajstić information content (AvgIpc) is 2.45. The van der Waals surface area contributed by atoms with Crippen molar-refractivity contribution in [2.24, 2.45) is 0 Å². The number of rotatable bonds is 6. The maximum absolute atomic E-state index is 3.59. The van der Waals surface area contributed by atoms with Gasteiger partial charge in [-0.15, -0.1) is 0 Å². The highest BCUT2D eigenvalue weighted by Gasteiger charge is 2.13. The summed E-state index contributed by atoms with van der Waals surface area (Å²) in [6.45, 7) is 7.60. The normalized spacial score (nSPS) is 12.6. The molecular formula is C19H24IN. The number of hydrogen-bond acceptors (Lipinski definition) is 1. The smallest absolute Gasteiger partial charge is 0.0130 e. The first kappa shape index (κ1) is 16.5. The third-order valence-electron chi connectivity index (χ3n) is 3.68. The Balaban J connectivity index is 2.17. The molecule has 21 heavy (non-hydrogen) atoms. The van der Waals surface area contributed by atoms with Crippen molar-refractivity contribution in [1.82, 2.24) is 5.32 Å². The van der Waals surface area contributed by atoms with E-state index in [0.29, 0.717) is 12.0 Å². The molecule has 112 valence electrons. The van der Waals surface area contributed by atoms with E-state index in [0.717, 1.165) is 13.0 Å². The van der Waals surface area contributed by atoms with Gasteiger partial charge in [0.25, 0.3) is 0 Å². The summed E-state index contributed by atoms with van der Waals surface area (Å²) in [5.41, 5.74) is 4.18. The van der Waals surface area contributed by atoms with Gasteiger partial charge in [0.2, 0.25) is 0 Å². The van der Waals surface area contributed by atoms with E-state index in [-0.39, 0.29) is 0 Å². The number of nitrogens with one attached hydrogen (secondary N) is 1. The Morgan fingerprint density at radius 3 is 2.38 bits per heavy atom. The lowest BCUT2D eigenvalue weighted by Gasteiger charge is -2.20. The summed E-state index contributed by atoms with van der Waals surface area (Å²) >= 11 is 2.36. The quantitative estimate of drug-likeness (QED) is 0.687. The SMILES string of the molecule is Cc1cccc(C(CNC(C)C)Cc2ccc(I)cc2)c1. The number of benzene rings is 2. The van der Waals surface area contributed by atoms with E-state index in [4.69, 9.17) is 0 Å². The molecule has 2 rings (SSSR count). The van der Waals surface area contributed by atoms with Gasteiger partial charge in [-0.2, -0.15) is 0 Å². The molecule has 2 heteroatoms. The highest BCUT2D eigenvalue weighted by Crippen LogP contribution is 2.22. The van der Waals surface area contributed by atoms with Crippen LogP contribution < -0.4 is 5.32 Å². The first-order valence-electron chi connectivity index (χ1n) is 7.59. The third-order valence-corrected chi connectivity index (χ3v) is 4.40. The molecule has 2 aromatic carbocycles. The highest BCUT2D eigenvalue weighted by atomic mass is 127. The highest BCUT2D eigenvalue weighted by molar-refractivity contribution is 14.1. The van der Waals surface area contributed by atoms with Crippen LogP contribution in [0.2, 0.25) is 0 Å². The summed E-state index contributed by atoms with van der Waals surface area (Å²) < 4.78 is 1.30. The Labute approximate surface area is 142 Å². The minimum Gasteiger partial charge on any atom is -0.314 e. The zero-order valence-corrected chi connectivity index (χ0v) is 15.2. The fourth-order valence-corrected chi connectivity index (χ4v) is 2.87. The van der Waals surface area contributed by atoms with E-state index < -0.39 is 0 Å². The first-order valence-corrected chi connectivity index (χ1v) is 8.67. The maximum atomic E-state index is 3.59. The lowest BCUT2D eigenvalue weighted by molar-refractivity contribution is 0.526. The molecule has 0 aliphatic carbocycles. The van der Waals surface area contributed by atoms with Crippen molar-refractivity contribution < 1.29 is 0 Å². The van der Waals surface area contributed by atoms with Gasteiger partial charge in [-0.05, 0) is 59.2 Å². The fraction of sp³-hybridized carbons (Fsp3) is 0.368. The second kappa shape index (κ2) is 7.95. The molecule has 1 nitrogen and oxygen atoms in total. The average molecular weight is 393 g/mol. The second-order valence-electron chi connectivity index (χ2n) is 6.00. The zero-order valence-electron chi connectivity index (χ0n) is 13.1. The lowest BCUT2D eigenvalue weighted by Crippen LogP contribution is -2.29. The number of halogens is 1. The molecule has 0 radical (unpaired) electrons. The van der Waals surface area contributed by atoms with Crippen LogP contribution in [0.1, 0.15) is 36.5 Å². The van der Waals surface area contributed by atoms with Crippen molar-refractivity contribution in [3.05, 3.63) is 68.8 Å². The van der Waals surface area contributed by atoms with Crippen LogP contribution in [0, 0.1) is 10.5 Å². The Hall–Kier alpha value is -0.870. The maximum Gasteiger partial charge on any atom is 0.0130 e. The molecule has 0 aliphatic rings. The van der Waals surface area contributed by atoms with Gasteiger partial charge in [-0.25, -0.2) is 0 Å². The first-order chi connectivity index (χ1) is 10.0. The topological polar surface area (TPSA) is 12.0 Å². The van der Waals surface area contributed by atoms with Crippen LogP contribution in [-0.2, 0) is 6.42 Å². The van der Waals surface area contributed by atoms with Crippen molar-refractivity contribution in [2.45, 2.75) is 39.2 Å². The molecule has 0 aromatic heterocycles. The molecule has 0 aliphatic heterocycles. The van der Waals surface area contributed by atoms with Crippen molar-refractivity contribution >= 4 is 22.6 Å². The molecule has 0 spiro atoms. The summed E-state index contributed by atoms with van der Waals surface area (Å²) in [6.07, 6.45) is 1.08. The van der Waals surface area contributed by atoms with E-state index in [2.05, 4.69) is 97.2 Å². The van der Waals surface area contributed by atoms with Gasteiger partial charge in [-0.1, -0.05) is 55.8 Å². The van der Waals surface area contributed by atoms with Gasteiger partial charge in [0, 0.05) is 22.1 Å². The van der Waals surface area contributed by atoms with Crippen LogP contribution >= 0.6 is 22.6 Å². The minimum absolute atomic E-state index is 0.521. The molecule has 0 fully saturated rings. The lowest BCUT2D eigenvalue weighted by atomic mass is 9.91. The predicted molar refractivity (Wildman–Crippen MR) is 99.9 cm³/mol. The van der Waals surface area contributed by atoms with E-state index >= 15 is 0 Å². The minimum atomic E-state index is 0.521. The third kappa shape index (κ3) is 5.44. The molecule has 0 bridgehead atoms.